The van der Waals surface area contributed by atoms with E-state index in [2.05, 4.69) is 0 Å². The summed E-state index contributed by atoms with van der Waals surface area (Å²) in [7, 11) is 0. The first-order valence-corrected chi connectivity index (χ1v) is 5.53. The zero-order chi connectivity index (χ0) is 13.2. The fourth-order valence-electron chi connectivity index (χ4n) is 1.76. The second-order valence-electron chi connectivity index (χ2n) is 5.24. The number of hydrogen-bond acceptors (Lipinski definition) is 4. The number of aliphatic hydroxyl groups excluding tert-OH is 1. The van der Waals surface area contributed by atoms with Gasteiger partial charge in [-0.3, -0.25) is 4.79 Å². The second kappa shape index (κ2) is 4.87. The second-order valence-corrected chi connectivity index (χ2v) is 5.24. The van der Waals surface area contributed by atoms with Gasteiger partial charge in [-0.1, -0.05) is 0 Å². The van der Waals surface area contributed by atoms with Gasteiger partial charge in [0.2, 0.25) is 0 Å². The Bertz CT molecular complexity index is 350. The normalized spacial score (nSPS) is 24.4. The van der Waals surface area contributed by atoms with Crippen LogP contribution in [-0.4, -0.2) is 33.9 Å². The van der Waals surface area contributed by atoms with Gasteiger partial charge in [0, 0.05) is 11.5 Å². The molecule has 96 valence electrons. The monoisotopic (exact) mass is 242 g/mol. The molecule has 0 aliphatic heterocycles. The van der Waals surface area contributed by atoms with Crippen molar-refractivity contribution in [1.82, 2.24) is 0 Å². The Balaban J connectivity index is 2.51. The molecule has 0 radical (unpaired) electrons. The lowest BCUT2D eigenvalue weighted by Gasteiger charge is -2.21. The van der Waals surface area contributed by atoms with Crippen LogP contribution in [-0.2, 0) is 14.3 Å². The number of carbonyl (C=O) groups excluding carboxylic acids is 1. The molecule has 1 aliphatic carbocycles. The molecule has 0 amide bonds. The Labute approximate surface area is 100 Å². The topological polar surface area (TPSA) is 83.8 Å². The summed E-state index contributed by atoms with van der Waals surface area (Å²) in [6, 6.07) is 0. The molecule has 17 heavy (non-hydrogen) atoms. The predicted octanol–water partition coefficient (Wildman–Crippen LogP) is 1.11. The zero-order valence-corrected chi connectivity index (χ0v) is 10.3. The third kappa shape index (κ3) is 4.19. The van der Waals surface area contributed by atoms with Gasteiger partial charge in [0.25, 0.3) is 0 Å². The molecule has 2 N–H and O–H groups in total. The summed E-state index contributed by atoms with van der Waals surface area (Å²) in [5, 5.41) is 18.4. The minimum atomic E-state index is -1.05. The lowest BCUT2D eigenvalue weighted by atomic mass is 9.99. The highest BCUT2D eigenvalue weighted by molar-refractivity contribution is 5.87. The number of carboxylic acid groups (broad SMARTS) is 1. The van der Waals surface area contributed by atoms with Gasteiger partial charge in [0.15, 0.2) is 0 Å². The largest absolute Gasteiger partial charge is 0.478 e. The molecule has 0 fully saturated rings. The van der Waals surface area contributed by atoms with Crippen LogP contribution < -0.4 is 0 Å². The van der Waals surface area contributed by atoms with Gasteiger partial charge in [-0.05, 0) is 33.3 Å². The third-order valence-electron chi connectivity index (χ3n) is 2.46. The smallest absolute Gasteiger partial charge is 0.331 e. The van der Waals surface area contributed by atoms with Gasteiger partial charge < -0.3 is 14.9 Å². The molecular weight excluding hydrogens is 224 g/mol. The van der Waals surface area contributed by atoms with Crippen LogP contribution in [0, 0.1) is 5.92 Å². The number of aliphatic hydroxyl groups is 1. The van der Waals surface area contributed by atoms with Crippen molar-refractivity contribution in [3.8, 4) is 0 Å². The SMILES string of the molecule is CC(C)(C)OC(=O)C[C@H]1CC(C(=O)O)=C[C@H]1O. The van der Waals surface area contributed by atoms with E-state index < -0.39 is 29.6 Å². The molecule has 0 aromatic carbocycles. The zero-order valence-electron chi connectivity index (χ0n) is 10.3. The molecule has 0 spiro atoms. The van der Waals surface area contributed by atoms with Crippen molar-refractivity contribution < 1.29 is 24.5 Å². The summed E-state index contributed by atoms with van der Waals surface area (Å²) < 4.78 is 5.12. The highest BCUT2D eigenvalue weighted by atomic mass is 16.6. The summed E-state index contributed by atoms with van der Waals surface area (Å²) in [6.07, 6.45) is 0.646. The molecule has 1 rings (SSSR count). The van der Waals surface area contributed by atoms with E-state index in [1.807, 2.05) is 0 Å². The molecule has 0 bridgehead atoms. The van der Waals surface area contributed by atoms with Crippen molar-refractivity contribution in [3.63, 3.8) is 0 Å². The molecule has 0 unspecified atom stereocenters. The van der Waals surface area contributed by atoms with Crippen LogP contribution in [0.4, 0.5) is 0 Å². The van der Waals surface area contributed by atoms with Gasteiger partial charge in [-0.2, -0.15) is 0 Å². The van der Waals surface area contributed by atoms with E-state index in [4.69, 9.17) is 9.84 Å². The maximum Gasteiger partial charge on any atom is 0.331 e. The van der Waals surface area contributed by atoms with Crippen LogP contribution >= 0.6 is 0 Å². The first-order valence-electron chi connectivity index (χ1n) is 5.53. The van der Waals surface area contributed by atoms with Gasteiger partial charge in [-0.15, -0.1) is 0 Å². The average Bonchev–Trinajstić information content (AvgIpc) is 2.44. The van der Waals surface area contributed by atoms with Crippen molar-refractivity contribution in [1.29, 1.82) is 0 Å². The van der Waals surface area contributed by atoms with Crippen LogP contribution in [0.15, 0.2) is 11.6 Å². The van der Waals surface area contributed by atoms with Crippen LogP contribution in [0.5, 0.6) is 0 Å². The summed E-state index contributed by atoms with van der Waals surface area (Å²) in [5.41, 5.74) is -0.407. The Kier molecular flexibility index (Phi) is 3.93. The molecule has 1 aliphatic rings. The lowest BCUT2D eigenvalue weighted by molar-refractivity contribution is -0.156. The average molecular weight is 242 g/mol. The molecule has 2 atom stereocenters. The van der Waals surface area contributed by atoms with Crippen molar-refractivity contribution in [2.75, 3.05) is 0 Å². The van der Waals surface area contributed by atoms with Crippen molar-refractivity contribution in [3.05, 3.63) is 11.6 Å². The molecule has 0 aromatic rings. The van der Waals surface area contributed by atoms with E-state index in [-0.39, 0.29) is 18.4 Å². The number of ether oxygens (including phenoxy) is 1. The van der Waals surface area contributed by atoms with Gasteiger partial charge in [-0.25, -0.2) is 4.79 Å². The van der Waals surface area contributed by atoms with Gasteiger partial charge in [0.1, 0.15) is 5.60 Å². The molecule has 5 heteroatoms. The molecule has 0 aromatic heterocycles. The summed E-state index contributed by atoms with van der Waals surface area (Å²) >= 11 is 0. The van der Waals surface area contributed by atoms with Crippen LogP contribution in [0.1, 0.15) is 33.6 Å². The fraction of sp³-hybridized carbons (Fsp3) is 0.667. The first-order chi connectivity index (χ1) is 7.69. The highest BCUT2D eigenvalue weighted by Gasteiger charge is 2.32. The Morgan fingerprint density at radius 2 is 2.06 bits per heavy atom. The maximum atomic E-state index is 11.5. The summed E-state index contributed by atoms with van der Waals surface area (Å²) in [6.45, 7) is 5.28. The minimum Gasteiger partial charge on any atom is -0.478 e. The number of carbonyl (C=O) groups is 2. The van der Waals surface area contributed by atoms with Crippen LogP contribution in [0.25, 0.3) is 0 Å². The van der Waals surface area contributed by atoms with E-state index in [9.17, 15) is 14.7 Å². The Morgan fingerprint density at radius 3 is 2.47 bits per heavy atom. The van der Waals surface area contributed by atoms with Crippen molar-refractivity contribution >= 4 is 11.9 Å². The maximum absolute atomic E-state index is 11.5. The standard InChI is InChI=1S/C12H18O5/c1-12(2,3)17-10(14)6-7-4-8(11(15)16)5-9(7)13/h5,7,9,13H,4,6H2,1-3H3,(H,15,16)/t7-,9-/m1/s1. The van der Waals surface area contributed by atoms with E-state index in [0.717, 1.165) is 0 Å². The first kappa shape index (κ1) is 13.7. The fourth-order valence-corrected chi connectivity index (χ4v) is 1.76. The molecular formula is C12H18O5. The third-order valence-corrected chi connectivity index (χ3v) is 2.46. The van der Waals surface area contributed by atoms with Crippen LogP contribution in [0.2, 0.25) is 0 Å². The van der Waals surface area contributed by atoms with Gasteiger partial charge in [0.05, 0.1) is 12.5 Å². The molecule has 0 heterocycles. The number of rotatable bonds is 3. The van der Waals surface area contributed by atoms with E-state index in [1.54, 1.807) is 20.8 Å². The number of hydrogen-bond donors (Lipinski definition) is 2. The predicted molar refractivity (Wildman–Crippen MR) is 60.3 cm³/mol. The van der Waals surface area contributed by atoms with E-state index >= 15 is 0 Å². The van der Waals surface area contributed by atoms with Crippen LogP contribution in [0.3, 0.4) is 0 Å². The quantitative estimate of drug-likeness (QED) is 0.724. The van der Waals surface area contributed by atoms with Crippen molar-refractivity contribution in [2.24, 2.45) is 5.92 Å². The van der Waals surface area contributed by atoms with E-state index in [0.29, 0.717) is 0 Å². The molecule has 0 saturated carbocycles. The Morgan fingerprint density at radius 1 is 1.47 bits per heavy atom. The summed E-state index contributed by atoms with van der Waals surface area (Å²) in [4.78, 5) is 22.2. The number of carboxylic acids is 1. The minimum absolute atomic E-state index is 0.0334. The Hall–Kier alpha value is -1.36. The van der Waals surface area contributed by atoms with Crippen molar-refractivity contribution in [2.45, 2.75) is 45.3 Å². The molecule has 0 saturated heterocycles. The lowest BCUT2D eigenvalue weighted by Crippen LogP contribution is -2.27. The number of aliphatic carboxylic acids is 1. The van der Waals surface area contributed by atoms with E-state index in [1.165, 1.54) is 6.08 Å². The molecule has 5 nitrogen and oxygen atoms in total. The highest BCUT2D eigenvalue weighted by Crippen LogP contribution is 2.29. The summed E-state index contributed by atoms with van der Waals surface area (Å²) in [5.74, 6) is -1.85. The number of esters is 1. The van der Waals surface area contributed by atoms with Gasteiger partial charge >= 0.3 is 11.9 Å².